The van der Waals surface area contributed by atoms with Crippen LogP contribution in [0.3, 0.4) is 0 Å². The van der Waals surface area contributed by atoms with Gasteiger partial charge < -0.3 is 10.6 Å². The molecule has 0 bridgehead atoms. The molecule has 1 saturated heterocycles. The summed E-state index contributed by atoms with van der Waals surface area (Å²) < 4.78 is 1.05. The topological polar surface area (TPSA) is 41.1 Å². The molecule has 0 aromatic heterocycles. The minimum atomic E-state index is 0.116. The van der Waals surface area contributed by atoms with E-state index in [1.165, 1.54) is 0 Å². The number of amides is 1. The standard InChI is InChI=1S/C13H17BrN2O/c1-8-3-11(14)4-9(2)13(8)16-12(17)5-10-6-15-7-10/h3-4,10,15H,5-7H2,1-2H3,(H,16,17). The van der Waals surface area contributed by atoms with E-state index in [2.05, 4.69) is 26.6 Å². The predicted molar refractivity (Wildman–Crippen MR) is 73.2 cm³/mol. The third kappa shape index (κ3) is 3.07. The summed E-state index contributed by atoms with van der Waals surface area (Å²) in [5.74, 6) is 0.621. The molecule has 1 heterocycles. The van der Waals surface area contributed by atoms with Crippen LogP contribution >= 0.6 is 15.9 Å². The van der Waals surface area contributed by atoms with Crippen molar-refractivity contribution in [2.75, 3.05) is 18.4 Å². The molecule has 17 heavy (non-hydrogen) atoms. The van der Waals surface area contributed by atoms with Crippen LogP contribution < -0.4 is 10.6 Å². The zero-order valence-electron chi connectivity index (χ0n) is 10.1. The summed E-state index contributed by atoms with van der Waals surface area (Å²) in [6.45, 7) is 5.95. The molecule has 2 N–H and O–H groups in total. The third-order valence-electron chi connectivity index (χ3n) is 3.10. The van der Waals surface area contributed by atoms with E-state index in [4.69, 9.17) is 0 Å². The summed E-state index contributed by atoms with van der Waals surface area (Å²) in [6, 6.07) is 4.04. The first-order valence-electron chi connectivity index (χ1n) is 5.83. The fourth-order valence-electron chi connectivity index (χ4n) is 2.05. The van der Waals surface area contributed by atoms with Crippen LogP contribution in [-0.4, -0.2) is 19.0 Å². The largest absolute Gasteiger partial charge is 0.326 e. The Balaban J connectivity index is 2.04. The van der Waals surface area contributed by atoms with E-state index in [0.29, 0.717) is 12.3 Å². The molecule has 1 aromatic carbocycles. The van der Waals surface area contributed by atoms with Crippen LogP contribution in [0, 0.1) is 19.8 Å². The quantitative estimate of drug-likeness (QED) is 0.900. The lowest BCUT2D eigenvalue weighted by molar-refractivity contribution is -0.117. The van der Waals surface area contributed by atoms with E-state index in [9.17, 15) is 4.79 Å². The van der Waals surface area contributed by atoms with Gasteiger partial charge in [0.05, 0.1) is 0 Å². The van der Waals surface area contributed by atoms with Gasteiger partial charge in [0.15, 0.2) is 0 Å². The van der Waals surface area contributed by atoms with Gasteiger partial charge >= 0.3 is 0 Å². The average Bonchev–Trinajstić information content (AvgIpc) is 2.17. The molecule has 0 unspecified atom stereocenters. The van der Waals surface area contributed by atoms with Gasteiger partial charge in [0.1, 0.15) is 0 Å². The maximum atomic E-state index is 11.9. The van der Waals surface area contributed by atoms with Gasteiger partial charge in [-0.1, -0.05) is 15.9 Å². The Morgan fingerprint density at radius 1 is 1.41 bits per heavy atom. The Morgan fingerprint density at radius 2 is 2.00 bits per heavy atom. The Hall–Kier alpha value is -0.870. The molecule has 1 aliphatic heterocycles. The highest BCUT2D eigenvalue weighted by Crippen LogP contribution is 2.25. The first-order chi connectivity index (χ1) is 8.06. The molecule has 92 valence electrons. The molecule has 3 nitrogen and oxygen atoms in total. The van der Waals surface area contributed by atoms with Crippen molar-refractivity contribution >= 4 is 27.5 Å². The van der Waals surface area contributed by atoms with E-state index in [1.807, 2.05) is 26.0 Å². The molecule has 1 amide bonds. The van der Waals surface area contributed by atoms with Gasteiger partial charge in [-0.2, -0.15) is 0 Å². The van der Waals surface area contributed by atoms with Crippen LogP contribution in [0.4, 0.5) is 5.69 Å². The smallest absolute Gasteiger partial charge is 0.224 e. The van der Waals surface area contributed by atoms with Gasteiger partial charge in [-0.25, -0.2) is 0 Å². The summed E-state index contributed by atoms with van der Waals surface area (Å²) in [5, 5.41) is 6.19. The van der Waals surface area contributed by atoms with Crippen LogP contribution in [0.15, 0.2) is 16.6 Å². The van der Waals surface area contributed by atoms with Crippen LogP contribution in [0.25, 0.3) is 0 Å². The maximum Gasteiger partial charge on any atom is 0.224 e. The SMILES string of the molecule is Cc1cc(Br)cc(C)c1NC(=O)CC1CNC1. The minimum Gasteiger partial charge on any atom is -0.326 e. The van der Waals surface area contributed by atoms with Crippen molar-refractivity contribution in [1.29, 1.82) is 0 Å². The molecule has 2 rings (SSSR count). The fourth-order valence-corrected chi connectivity index (χ4v) is 2.74. The highest BCUT2D eigenvalue weighted by atomic mass is 79.9. The summed E-state index contributed by atoms with van der Waals surface area (Å²) in [5.41, 5.74) is 3.14. The highest BCUT2D eigenvalue weighted by molar-refractivity contribution is 9.10. The van der Waals surface area contributed by atoms with E-state index in [1.54, 1.807) is 0 Å². The second-order valence-electron chi connectivity index (χ2n) is 4.69. The van der Waals surface area contributed by atoms with Crippen molar-refractivity contribution in [3.63, 3.8) is 0 Å². The summed E-state index contributed by atoms with van der Waals surface area (Å²) in [4.78, 5) is 11.9. The van der Waals surface area contributed by atoms with Crippen LogP contribution in [0.1, 0.15) is 17.5 Å². The number of hydrogen-bond donors (Lipinski definition) is 2. The van der Waals surface area contributed by atoms with Gasteiger partial charge in [0.2, 0.25) is 5.91 Å². The van der Waals surface area contributed by atoms with Gasteiger partial charge in [-0.05, 0) is 56.1 Å². The monoisotopic (exact) mass is 296 g/mol. The molecule has 4 heteroatoms. The number of hydrogen-bond acceptors (Lipinski definition) is 2. The fraction of sp³-hybridized carbons (Fsp3) is 0.462. The molecule has 1 aromatic rings. The zero-order chi connectivity index (χ0) is 12.4. The Bertz CT molecular complexity index is 418. The van der Waals surface area contributed by atoms with Crippen molar-refractivity contribution in [1.82, 2.24) is 5.32 Å². The Labute approximate surface area is 110 Å². The summed E-state index contributed by atoms with van der Waals surface area (Å²) in [7, 11) is 0. The molecule has 1 fully saturated rings. The lowest BCUT2D eigenvalue weighted by Gasteiger charge is -2.26. The van der Waals surface area contributed by atoms with Gasteiger partial charge in [0, 0.05) is 16.6 Å². The zero-order valence-corrected chi connectivity index (χ0v) is 11.7. The third-order valence-corrected chi connectivity index (χ3v) is 3.56. The molecule has 0 atom stereocenters. The second kappa shape index (κ2) is 5.19. The van der Waals surface area contributed by atoms with Crippen molar-refractivity contribution in [2.24, 2.45) is 5.92 Å². The Kier molecular flexibility index (Phi) is 3.84. The summed E-state index contributed by atoms with van der Waals surface area (Å²) in [6.07, 6.45) is 0.613. The number of anilines is 1. The molecule has 0 saturated carbocycles. The van der Waals surface area contributed by atoms with Gasteiger partial charge in [-0.15, -0.1) is 0 Å². The second-order valence-corrected chi connectivity index (χ2v) is 5.61. The van der Waals surface area contributed by atoms with Crippen molar-refractivity contribution < 1.29 is 4.79 Å². The molecule has 0 radical (unpaired) electrons. The number of nitrogens with one attached hydrogen (secondary N) is 2. The van der Waals surface area contributed by atoms with Crippen LogP contribution in [0.5, 0.6) is 0 Å². The molecular formula is C13H17BrN2O. The van der Waals surface area contributed by atoms with E-state index >= 15 is 0 Å². The van der Waals surface area contributed by atoms with Crippen LogP contribution in [0.2, 0.25) is 0 Å². The normalized spacial score (nSPS) is 15.5. The van der Waals surface area contributed by atoms with Gasteiger partial charge in [-0.3, -0.25) is 4.79 Å². The minimum absolute atomic E-state index is 0.116. The average molecular weight is 297 g/mol. The van der Waals surface area contributed by atoms with Crippen LogP contribution in [-0.2, 0) is 4.79 Å². The Morgan fingerprint density at radius 3 is 2.47 bits per heavy atom. The maximum absolute atomic E-state index is 11.9. The number of halogens is 1. The lowest BCUT2D eigenvalue weighted by Crippen LogP contribution is -2.43. The number of carbonyl (C=O) groups excluding carboxylic acids is 1. The molecule has 0 spiro atoms. The number of carbonyl (C=O) groups is 1. The van der Waals surface area contributed by atoms with E-state index in [0.717, 1.165) is 34.4 Å². The molecular weight excluding hydrogens is 280 g/mol. The first kappa shape index (κ1) is 12.6. The van der Waals surface area contributed by atoms with Crippen molar-refractivity contribution in [3.8, 4) is 0 Å². The van der Waals surface area contributed by atoms with E-state index in [-0.39, 0.29) is 5.91 Å². The van der Waals surface area contributed by atoms with Crippen molar-refractivity contribution in [3.05, 3.63) is 27.7 Å². The number of aryl methyl sites for hydroxylation is 2. The highest BCUT2D eigenvalue weighted by Gasteiger charge is 2.20. The van der Waals surface area contributed by atoms with E-state index < -0.39 is 0 Å². The van der Waals surface area contributed by atoms with Gasteiger partial charge in [0.25, 0.3) is 0 Å². The number of rotatable bonds is 3. The molecule has 0 aliphatic carbocycles. The molecule has 1 aliphatic rings. The first-order valence-corrected chi connectivity index (χ1v) is 6.63. The predicted octanol–water partition coefficient (Wildman–Crippen LogP) is 2.61. The summed E-state index contributed by atoms with van der Waals surface area (Å²) >= 11 is 3.45. The number of benzene rings is 1. The lowest BCUT2D eigenvalue weighted by atomic mass is 9.99. The van der Waals surface area contributed by atoms with Crippen molar-refractivity contribution in [2.45, 2.75) is 20.3 Å².